The van der Waals surface area contributed by atoms with Crippen LogP contribution in [0, 0.1) is 0 Å². The number of rotatable bonds is 1. The lowest BCUT2D eigenvalue weighted by atomic mass is 9.97. The Hall–Kier alpha value is -0.570. The van der Waals surface area contributed by atoms with Crippen LogP contribution < -0.4 is 0 Å². The Morgan fingerprint density at radius 1 is 1.38 bits per heavy atom. The molecule has 0 bridgehead atoms. The van der Waals surface area contributed by atoms with Crippen LogP contribution in [-0.4, -0.2) is 47.4 Å². The van der Waals surface area contributed by atoms with E-state index in [1.54, 1.807) is 6.92 Å². The van der Waals surface area contributed by atoms with Gasteiger partial charge in [-0.2, -0.15) is 0 Å². The summed E-state index contributed by atoms with van der Waals surface area (Å²) in [6.45, 7) is 10.3. The second-order valence-electron chi connectivity index (χ2n) is 4.86. The Bertz CT molecular complexity index is 201. The van der Waals surface area contributed by atoms with Crippen molar-refractivity contribution in [2.24, 2.45) is 0 Å². The third-order valence-electron chi connectivity index (χ3n) is 2.86. The number of hydrogen-bond acceptors (Lipinski definition) is 2. The van der Waals surface area contributed by atoms with Gasteiger partial charge in [0.15, 0.2) is 0 Å². The van der Waals surface area contributed by atoms with E-state index in [0.29, 0.717) is 6.04 Å². The molecule has 3 heteroatoms. The predicted octanol–water partition coefficient (Wildman–Crippen LogP) is 0.947. The highest BCUT2D eigenvalue weighted by atomic mass is 16.2. The Labute approximate surface area is 80.7 Å². The molecule has 13 heavy (non-hydrogen) atoms. The first kappa shape index (κ1) is 10.5. The van der Waals surface area contributed by atoms with Gasteiger partial charge in [0.2, 0.25) is 5.91 Å². The molecule has 0 aromatic heterocycles. The number of likely N-dealkylation sites (tertiary alicyclic amines) is 1. The molecule has 0 N–H and O–H groups in total. The molecule has 1 aliphatic heterocycles. The molecule has 1 saturated heterocycles. The molecule has 0 atom stereocenters. The average Bonchev–Trinajstić information content (AvgIpc) is 1.79. The van der Waals surface area contributed by atoms with Gasteiger partial charge in [-0.25, -0.2) is 0 Å². The van der Waals surface area contributed by atoms with E-state index in [4.69, 9.17) is 0 Å². The highest BCUT2D eigenvalue weighted by Gasteiger charge is 2.36. The summed E-state index contributed by atoms with van der Waals surface area (Å²) in [6.07, 6.45) is 0. The molecule has 1 fully saturated rings. The van der Waals surface area contributed by atoms with Gasteiger partial charge < -0.3 is 4.90 Å². The standard InChI is InChI=1S/C10H20N2O/c1-8(13)11(5)9-6-12(7-9)10(2,3)4/h9H,6-7H2,1-5H3. The lowest BCUT2D eigenvalue weighted by Crippen LogP contribution is -2.64. The maximum Gasteiger partial charge on any atom is 0.219 e. The van der Waals surface area contributed by atoms with Gasteiger partial charge in [-0.05, 0) is 20.8 Å². The number of carbonyl (C=O) groups excluding carboxylic acids is 1. The molecule has 0 saturated carbocycles. The zero-order valence-electron chi connectivity index (χ0n) is 9.29. The van der Waals surface area contributed by atoms with Crippen LogP contribution in [-0.2, 0) is 4.79 Å². The van der Waals surface area contributed by atoms with Crippen molar-refractivity contribution >= 4 is 5.91 Å². The van der Waals surface area contributed by atoms with E-state index < -0.39 is 0 Å². The van der Waals surface area contributed by atoms with Crippen molar-refractivity contribution < 1.29 is 4.79 Å². The molecular weight excluding hydrogens is 164 g/mol. The first-order valence-electron chi connectivity index (χ1n) is 4.81. The quantitative estimate of drug-likeness (QED) is 0.605. The fraction of sp³-hybridized carbons (Fsp3) is 0.900. The van der Waals surface area contributed by atoms with Gasteiger partial charge in [-0.1, -0.05) is 0 Å². The average molecular weight is 184 g/mol. The summed E-state index contributed by atoms with van der Waals surface area (Å²) in [5.41, 5.74) is 0.244. The zero-order valence-corrected chi connectivity index (χ0v) is 9.29. The fourth-order valence-corrected chi connectivity index (χ4v) is 1.51. The maximum absolute atomic E-state index is 11.0. The summed E-state index contributed by atoms with van der Waals surface area (Å²) in [4.78, 5) is 15.3. The Balaban J connectivity index is 2.38. The molecule has 0 radical (unpaired) electrons. The highest BCUT2D eigenvalue weighted by molar-refractivity contribution is 5.73. The highest BCUT2D eigenvalue weighted by Crippen LogP contribution is 2.23. The summed E-state index contributed by atoms with van der Waals surface area (Å²) < 4.78 is 0. The lowest BCUT2D eigenvalue weighted by molar-refractivity contribution is -0.134. The minimum absolute atomic E-state index is 0.165. The number of likely N-dealkylation sites (N-methyl/N-ethyl adjacent to an activating group) is 1. The van der Waals surface area contributed by atoms with E-state index in [1.807, 2.05) is 11.9 Å². The normalized spacial score (nSPS) is 19.8. The van der Waals surface area contributed by atoms with Gasteiger partial charge in [0, 0.05) is 32.6 Å². The first-order valence-corrected chi connectivity index (χ1v) is 4.81. The van der Waals surface area contributed by atoms with Crippen molar-refractivity contribution in [1.29, 1.82) is 0 Å². The smallest absolute Gasteiger partial charge is 0.219 e. The van der Waals surface area contributed by atoms with Crippen molar-refractivity contribution in [2.75, 3.05) is 20.1 Å². The van der Waals surface area contributed by atoms with E-state index in [-0.39, 0.29) is 11.4 Å². The van der Waals surface area contributed by atoms with Crippen LogP contribution in [0.3, 0.4) is 0 Å². The third-order valence-corrected chi connectivity index (χ3v) is 2.86. The fourth-order valence-electron chi connectivity index (χ4n) is 1.51. The van der Waals surface area contributed by atoms with E-state index in [0.717, 1.165) is 13.1 Å². The summed E-state index contributed by atoms with van der Waals surface area (Å²) >= 11 is 0. The Morgan fingerprint density at radius 3 is 2.15 bits per heavy atom. The van der Waals surface area contributed by atoms with Crippen LogP contribution in [0.1, 0.15) is 27.7 Å². The monoisotopic (exact) mass is 184 g/mol. The van der Waals surface area contributed by atoms with Gasteiger partial charge in [0.05, 0.1) is 6.04 Å². The minimum atomic E-state index is 0.165. The summed E-state index contributed by atoms with van der Waals surface area (Å²) in [5, 5.41) is 0. The number of nitrogens with zero attached hydrogens (tertiary/aromatic N) is 2. The van der Waals surface area contributed by atoms with Crippen LogP contribution in [0.15, 0.2) is 0 Å². The second-order valence-corrected chi connectivity index (χ2v) is 4.86. The van der Waals surface area contributed by atoms with Gasteiger partial charge in [0.1, 0.15) is 0 Å². The molecule has 0 aliphatic carbocycles. The molecule has 0 aromatic carbocycles. The van der Waals surface area contributed by atoms with Crippen molar-refractivity contribution in [3.63, 3.8) is 0 Å². The predicted molar refractivity (Wildman–Crippen MR) is 53.6 cm³/mol. The molecule has 0 spiro atoms. The molecule has 76 valence electrons. The molecule has 0 unspecified atom stereocenters. The van der Waals surface area contributed by atoms with Crippen molar-refractivity contribution in [2.45, 2.75) is 39.3 Å². The first-order chi connectivity index (χ1) is 5.82. The minimum Gasteiger partial charge on any atom is -0.340 e. The molecular formula is C10H20N2O. The summed E-state index contributed by atoms with van der Waals surface area (Å²) in [5.74, 6) is 0.165. The van der Waals surface area contributed by atoms with E-state index in [2.05, 4.69) is 25.7 Å². The third kappa shape index (κ3) is 2.21. The van der Waals surface area contributed by atoms with Gasteiger partial charge in [0.25, 0.3) is 0 Å². The molecule has 1 rings (SSSR count). The summed E-state index contributed by atoms with van der Waals surface area (Å²) in [7, 11) is 1.88. The van der Waals surface area contributed by atoms with Crippen LogP contribution in [0.4, 0.5) is 0 Å². The van der Waals surface area contributed by atoms with Crippen LogP contribution in [0.2, 0.25) is 0 Å². The van der Waals surface area contributed by atoms with Crippen LogP contribution >= 0.6 is 0 Å². The Kier molecular flexibility index (Phi) is 2.66. The molecule has 0 aromatic rings. The lowest BCUT2D eigenvalue weighted by Gasteiger charge is -2.50. The van der Waals surface area contributed by atoms with E-state index >= 15 is 0 Å². The Morgan fingerprint density at radius 2 is 1.85 bits per heavy atom. The SMILES string of the molecule is CC(=O)N(C)C1CN(C(C)(C)C)C1. The van der Waals surface area contributed by atoms with Crippen molar-refractivity contribution in [3.05, 3.63) is 0 Å². The van der Waals surface area contributed by atoms with Gasteiger partial charge in [-0.3, -0.25) is 9.69 Å². The largest absolute Gasteiger partial charge is 0.340 e. The van der Waals surface area contributed by atoms with Crippen molar-refractivity contribution in [1.82, 2.24) is 9.80 Å². The second kappa shape index (κ2) is 3.29. The van der Waals surface area contributed by atoms with Gasteiger partial charge in [-0.15, -0.1) is 0 Å². The van der Waals surface area contributed by atoms with Crippen LogP contribution in [0.5, 0.6) is 0 Å². The number of amides is 1. The topological polar surface area (TPSA) is 23.6 Å². The summed E-state index contributed by atoms with van der Waals surface area (Å²) in [6, 6.07) is 0.428. The zero-order chi connectivity index (χ0) is 10.2. The van der Waals surface area contributed by atoms with Crippen LogP contribution in [0.25, 0.3) is 0 Å². The number of carbonyl (C=O) groups is 1. The molecule has 3 nitrogen and oxygen atoms in total. The maximum atomic E-state index is 11.0. The molecule has 1 amide bonds. The van der Waals surface area contributed by atoms with Gasteiger partial charge >= 0.3 is 0 Å². The molecule has 1 heterocycles. The number of hydrogen-bond donors (Lipinski definition) is 0. The molecule has 1 aliphatic rings. The van der Waals surface area contributed by atoms with E-state index in [1.165, 1.54) is 0 Å². The van der Waals surface area contributed by atoms with Crippen molar-refractivity contribution in [3.8, 4) is 0 Å². The van der Waals surface area contributed by atoms with E-state index in [9.17, 15) is 4.79 Å².